The zero-order valence-corrected chi connectivity index (χ0v) is 7.76. The highest BCUT2D eigenvalue weighted by Gasteiger charge is 1.98. The summed E-state index contributed by atoms with van der Waals surface area (Å²) >= 11 is 7.49. The van der Waals surface area contributed by atoms with Crippen molar-refractivity contribution in [2.45, 2.75) is 31.9 Å². The summed E-state index contributed by atoms with van der Waals surface area (Å²) in [5.41, 5.74) is 0. The van der Waals surface area contributed by atoms with Gasteiger partial charge in [-0.05, 0) is 6.42 Å². The summed E-state index contributed by atoms with van der Waals surface area (Å²) in [4.78, 5) is 0. The summed E-state index contributed by atoms with van der Waals surface area (Å²) in [6.07, 6.45) is 2.61. The van der Waals surface area contributed by atoms with Crippen LogP contribution in [0.25, 0.3) is 0 Å². The minimum atomic E-state index is 0.790. The van der Waals surface area contributed by atoms with E-state index in [4.69, 9.17) is 11.6 Å². The third kappa shape index (κ3) is 6.53. The van der Waals surface area contributed by atoms with E-state index in [0.29, 0.717) is 0 Å². The molecule has 0 aromatic heterocycles. The van der Waals surface area contributed by atoms with E-state index in [1.54, 1.807) is 0 Å². The lowest BCUT2D eigenvalue weighted by Gasteiger charge is -2.06. The Kier molecular flexibility index (Phi) is 7.24. The molecule has 1 atom stereocenters. The largest absolute Gasteiger partial charge is 0.158 e. The first-order valence-corrected chi connectivity index (χ1v) is 5.07. The van der Waals surface area contributed by atoms with Crippen LogP contribution in [0.1, 0.15) is 26.7 Å². The van der Waals surface area contributed by atoms with Gasteiger partial charge in [-0.1, -0.05) is 20.3 Å². The normalized spacial score (nSPS) is 13.7. The number of halogens is 1. The summed E-state index contributed by atoms with van der Waals surface area (Å²) in [7, 11) is 0. The first-order valence-electron chi connectivity index (χ1n) is 3.48. The van der Waals surface area contributed by atoms with E-state index in [1.165, 1.54) is 12.8 Å². The van der Waals surface area contributed by atoms with Gasteiger partial charge in [-0.25, -0.2) is 0 Å². The number of rotatable bonds is 5. The smallest absolute Gasteiger partial charge is 0.0314 e. The maximum atomic E-state index is 5.52. The lowest BCUT2D eigenvalue weighted by atomic mass is 10.3. The molecule has 0 radical (unpaired) electrons. The number of hydrogen-bond acceptors (Lipinski definition) is 1. The molecule has 0 aliphatic carbocycles. The quantitative estimate of drug-likeness (QED) is 0.566. The van der Waals surface area contributed by atoms with Gasteiger partial charge in [0.15, 0.2) is 0 Å². The fraction of sp³-hybridized carbons (Fsp3) is 1.00. The van der Waals surface area contributed by atoms with Gasteiger partial charge < -0.3 is 0 Å². The molecule has 0 aromatic rings. The molecule has 0 aliphatic heterocycles. The molecule has 0 aliphatic rings. The average Bonchev–Trinajstić information content (AvgIpc) is 1.85. The highest BCUT2D eigenvalue weighted by Crippen LogP contribution is 2.14. The molecule has 0 amide bonds. The molecule has 0 saturated heterocycles. The van der Waals surface area contributed by atoms with Crippen LogP contribution in [0, 0.1) is 0 Å². The molecule has 0 N–H and O–H groups in total. The lowest BCUT2D eigenvalue weighted by molar-refractivity contribution is 0.787. The molecule has 9 heavy (non-hydrogen) atoms. The van der Waals surface area contributed by atoms with E-state index in [9.17, 15) is 0 Å². The molecule has 2 heteroatoms. The molecule has 0 bridgehead atoms. The van der Waals surface area contributed by atoms with E-state index in [0.717, 1.165) is 16.9 Å². The molecule has 0 aromatic carbocycles. The fourth-order valence-corrected chi connectivity index (χ4v) is 1.90. The molecule has 56 valence electrons. The third-order valence-electron chi connectivity index (χ3n) is 1.17. The summed E-state index contributed by atoms with van der Waals surface area (Å²) < 4.78 is 0. The topological polar surface area (TPSA) is 0 Å². The Morgan fingerprint density at radius 2 is 2.22 bits per heavy atom. The van der Waals surface area contributed by atoms with E-state index < -0.39 is 0 Å². The summed E-state index contributed by atoms with van der Waals surface area (Å²) in [5, 5.41) is 0.800. The van der Waals surface area contributed by atoms with Gasteiger partial charge >= 0.3 is 0 Å². The Balaban J connectivity index is 2.95. The first kappa shape index (κ1) is 9.64. The zero-order chi connectivity index (χ0) is 7.11. The Morgan fingerprint density at radius 1 is 1.56 bits per heavy atom. The molecular formula is C7H15ClS. The van der Waals surface area contributed by atoms with Gasteiger partial charge in [-0.15, -0.1) is 11.6 Å². The van der Waals surface area contributed by atoms with Crippen molar-refractivity contribution < 1.29 is 0 Å². The Labute approximate surface area is 67.4 Å². The van der Waals surface area contributed by atoms with Crippen molar-refractivity contribution in [3.63, 3.8) is 0 Å². The second-order valence-electron chi connectivity index (χ2n) is 2.16. The predicted molar refractivity (Wildman–Crippen MR) is 47.5 cm³/mol. The van der Waals surface area contributed by atoms with Gasteiger partial charge in [-0.3, -0.25) is 0 Å². The minimum Gasteiger partial charge on any atom is -0.158 e. The molecule has 0 nitrogen and oxygen atoms in total. The van der Waals surface area contributed by atoms with E-state index in [1.807, 2.05) is 11.8 Å². The first-order chi connectivity index (χ1) is 4.31. The second kappa shape index (κ2) is 6.76. The van der Waals surface area contributed by atoms with Crippen LogP contribution in [0.4, 0.5) is 0 Å². The van der Waals surface area contributed by atoms with Crippen molar-refractivity contribution >= 4 is 23.4 Å². The zero-order valence-electron chi connectivity index (χ0n) is 6.19. The highest BCUT2D eigenvalue weighted by molar-refractivity contribution is 7.99. The van der Waals surface area contributed by atoms with Crippen LogP contribution in [-0.2, 0) is 0 Å². The highest BCUT2D eigenvalue weighted by atomic mass is 35.5. The van der Waals surface area contributed by atoms with Crippen LogP contribution in [-0.4, -0.2) is 16.9 Å². The van der Waals surface area contributed by atoms with Gasteiger partial charge in [0.1, 0.15) is 0 Å². The molecule has 0 rings (SSSR count). The number of alkyl halides is 1. The van der Waals surface area contributed by atoms with Crippen LogP contribution in [0.2, 0.25) is 0 Å². The third-order valence-corrected chi connectivity index (χ3v) is 2.83. The van der Waals surface area contributed by atoms with Gasteiger partial charge in [0, 0.05) is 16.9 Å². The van der Waals surface area contributed by atoms with E-state index in [2.05, 4.69) is 13.8 Å². The molecular weight excluding hydrogens is 152 g/mol. The van der Waals surface area contributed by atoms with E-state index >= 15 is 0 Å². The predicted octanol–water partition coefficient (Wildman–Crippen LogP) is 3.15. The van der Waals surface area contributed by atoms with Crippen LogP contribution >= 0.6 is 23.4 Å². The van der Waals surface area contributed by atoms with Crippen molar-refractivity contribution in [2.24, 2.45) is 0 Å². The molecule has 0 spiro atoms. The van der Waals surface area contributed by atoms with Crippen molar-refractivity contribution in [1.29, 1.82) is 0 Å². The number of thioether (sulfide) groups is 1. The maximum absolute atomic E-state index is 5.52. The van der Waals surface area contributed by atoms with Crippen LogP contribution in [0.15, 0.2) is 0 Å². The number of hydrogen-bond donors (Lipinski definition) is 0. The average molecular weight is 167 g/mol. The van der Waals surface area contributed by atoms with Crippen LogP contribution < -0.4 is 0 Å². The molecule has 1 unspecified atom stereocenters. The van der Waals surface area contributed by atoms with Gasteiger partial charge in [0.2, 0.25) is 0 Å². The molecule has 0 heterocycles. The lowest BCUT2D eigenvalue weighted by Crippen LogP contribution is -1.96. The van der Waals surface area contributed by atoms with Gasteiger partial charge in [0.25, 0.3) is 0 Å². The summed E-state index contributed by atoms with van der Waals surface area (Å²) in [5.74, 6) is 1.89. The molecule has 0 saturated carbocycles. The SMILES string of the molecule is CCCC(C)SCCCl. The van der Waals surface area contributed by atoms with Crippen LogP contribution in [0.3, 0.4) is 0 Å². The molecule has 0 fully saturated rings. The van der Waals surface area contributed by atoms with Crippen molar-refractivity contribution in [2.75, 3.05) is 11.6 Å². The monoisotopic (exact) mass is 166 g/mol. The van der Waals surface area contributed by atoms with Crippen LogP contribution in [0.5, 0.6) is 0 Å². The van der Waals surface area contributed by atoms with Crippen molar-refractivity contribution in [3.05, 3.63) is 0 Å². The van der Waals surface area contributed by atoms with E-state index in [-0.39, 0.29) is 0 Å². The standard InChI is InChI=1S/C7H15ClS/c1-3-4-7(2)9-6-5-8/h7H,3-6H2,1-2H3. The van der Waals surface area contributed by atoms with Crippen molar-refractivity contribution in [3.8, 4) is 0 Å². The summed E-state index contributed by atoms with van der Waals surface area (Å²) in [6, 6.07) is 0. The Morgan fingerprint density at radius 3 is 2.67 bits per heavy atom. The van der Waals surface area contributed by atoms with Crippen molar-refractivity contribution in [1.82, 2.24) is 0 Å². The Hall–Kier alpha value is 0.640. The van der Waals surface area contributed by atoms with Gasteiger partial charge in [-0.2, -0.15) is 11.8 Å². The Bertz CT molecular complexity index is 56.9. The minimum absolute atomic E-state index is 0.790. The second-order valence-corrected chi connectivity index (χ2v) is 4.08. The fourth-order valence-electron chi connectivity index (χ4n) is 0.736. The van der Waals surface area contributed by atoms with Gasteiger partial charge in [0.05, 0.1) is 0 Å². The maximum Gasteiger partial charge on any atom is 0.0314 e. The summed E-state index contributed by atoms with van der Waals surface area (Å²) in [6.45, 7) is 4.48.